The minimum Gasteiger partial charge on any atom is -0.341 e. The van der Waals surface area contributed by atoms with Crippen LogP contribution in [-0.2, 0) is 17.8 Å². The van der Waals surface area contributed by atoms with Gasteiger partial charge in [0, 0.05) is 17.9 Å². The lowest BCUT2D eigenvalue weighted by Crippen LogP contribution is -2.34. The molecule has 0 spiro atoms. The highest BCUT2D eigenvalue weighted by atomic mass is 19.1. The van der Waals surface area contributed by atoms with Crippen molar-refractivity contribution in [3.8, 4) is 0 Å². The van der Waals surface area contributed by atoms with Gasteiger partial charge in [0.05, 0.1) is 11.3 Å². The molecule has 0 fully saturated rings. The van der Waals surface area contributed by atoms with Crippen molar-refractivity contribution in [1.82, 2.24) is 20.0 Å². The summed E-state index contributed by atoms with van der Waals surface area (Å²) in [4.78, 5) is 42.7. The summed E-state index contributed by atoms with van der Waals surface area (Å²) in [7, 11) is 0. The number of nitrogens with zero attached hydrogens (tertiary/aromatic N) is 3. The maximum absolute atomic E-state index is 13.5. The Hall–Kier alpha value is -3.82. The second kappa shape index (κ2) is 8.97. The highest BCUT2D eigenvalue weighted by molar-refractivity contribution is 6.42. The number of amides is 2. The van der Waals surface area contributed by atoms with E-state index in [0.29, 0.717) is 41.3 Å². The minimum absolute atomic E-state index is 0.150. The van der Waals surface area contributed by atoms with Gasteiger partial charge in [-0.2, -0.15) is 4.98 Å². The van der Waals surface area contributed by atoms with Crippen molar-refractivity contribution < 1.29 is 23.3 Å². The number of hydrogen-bond acceptors (Lipinski definition) is 6. The van der Waals surface area contributed by atoms with Crippen LogP contribution in [0.15, 0.2) is 28.8 Å². The van der Waals surface area contributed by atoms with Gasteiger partial charge in [-0.1, -0.05) is 5.16 Å². The maximum atomic E-state index is 13.5. The molecule has 0 saturated heterocycles. The zero-order valence-corrected chi connectivity index (χ0v) is 18.6. The van der Waals surface area contributed by atoms with Crippen LogP contribution < -0.4 is 10.6 Å². The molecule has 0 saturated carbocycles. The molecule has 1 aliphatic rings. The van der Waals surface area contributed by atoms with Crippen molar-refractivity contribution in [1.29, 1.82) is 0 Å². The molecule has 2 amide bonds. The number of aromatic nitrogens is 3. The number of nitrogens with one attached hydrogen (secondary N) is 2. The number of carbonyl (C=O) groups excluding carboxylic acids is 3. The maximum Gasteiger partial charge on any atom is 0.294 e. The van der Waals surface area contributed by atoms with Crippen LogP contribution in [0.2, 0.25) is 0 Å². The molecule has 1 aromatic carbocycles. The molecule has 33 heavy (non-hydrogen) atoms. The van der Waals surface area contributed by atoms with Gasteiger partial charge >= 0.3 is 0 Å². The molecule has 2 N–H and O–H groups in total. The lowest BCUT2D eigenvalue weighted by atomic mass is 10.1. The molecule has 3 heterocycles. The summed E-state index contributed by atoms with van der Waals surface area (Å²) in [5, 5.41) is 9.01. The lowest BCUT2D eigenvalue weighted by Gasteiger charge is -2.18. The summed E-state index contributed by atoms with van der Waals surface area (Å²) in [6, 6.07) is 5.10. The Bertz CT molecular complexity index is 1250. The fourth-order valence-electron chi connectivity index (χ4n) is 3.91. The standard InChI is InChI=1S/C23H24FN5O4/c1-12-10-15(7-8-17(12)24)27-21(31)16-11-19(29-9-5-4-6-18(16)29)20(30)22(32)25-13(2)23-26-14(3)28-33-23/h7-8,10-11,13H,4-6,9H2,1-3H3,(H,25,32)(H,27,31). The number of anilines is 1. The predicted molar refractivity (Wildman–Crippen MR) is 116 cm³/mol. The van der Waals surface area contributed by atoms with Crippen LogP contribution in [0.25, 0.3) is 0 Å². The predicted octanol–water partition coefficient (Wildman–Crippen LogP) is 3.28. The molecule has 0 radical (unpaired) electrons. The van der Waals surface area contributed by atoms with Gasteiger partial charge in [-0.15, -0.1) is 0 Å². The summed E-state index contributed by atoms with van der Waals surface area (Å²) >= 11 is 0. The van der Waals surface area contributed by atoms with Crippen molar-refractivity contribution in [3.05, 3.63) is 64.3 Å². The molecule has 0 aliphatic carbocycles. The molecule has 9 nitrogen and oxygen atoms in total. The largest absolute Gasteiger partial charge is 0.341 e. The number of Topliss-reactive ketones (excluding diaryl/α,β-unsaturated/α-hetero) is 1. The molecule has 1 unspecified atom stereocenters. The van der Waals surface area contributed by atoms with Gasteiger partial charge in [-0.05, 0) is 69.9 Å². The molecule has 10 heteroatoms. The summed E-state index contributed by atoms with van der Waals surface area (Å²) in [5.74, 6) is -1.74. The molecule has 3 aromatic rings. The Morgan fingerprint density at radius 1 is 1.18 bits per heavy atom. The van der Waals surface area contributed by atoms with E-state index < -0.39 is 23.6 Å². The first-order chi connectivity index (χ1) is 15.7. The van der Waals surface area contributed by atoms with E-state index in [1.165, 1.54) is 24.3 Å². The van der Waals surface area contributed by atoms with Crippen LogP contribution in [0, 0.1) is 19.7 Å². The molecule has 172 valence electrons. The second-order valence-electron chi connectivity index (χ2n) is 8.12. The molecule has 1 atom stereocenters. The third kappa shape index (κ3) is 4.55. The topological polar surface area (TPSA) is 119 Å². The third-order valence-electron chi connectivity index (χ3n) is 5.61. The van der Waals surface area contributed by atoms with E-state index in [9.17, 15) is 18.8 Å². The fourth-order valence-corrected chi connectivity index (χ4v) is 3.91. The number of ketones is 1. The lowest BCUT2D eigenvalue weighted by molar-refractivity contribution is -0.117. The van der Waals surface area contributed by atoms with Crippen molar-refractivity contribution in [3.63, 3.8) is 0 Å². The smallest absolute Gasteiger partial charge is 0.294 e. The Morgan fingerprint density at radius 3 is 2.67 bits per heavy atom. The van der Waals surface area contributed by atoms with Crippen molar-refractivity contribution >= 4 is 23.3 Å². The average Bonchev–Trinajstić information content (AvgIpc) is 3.40. The van der Waals surface area contributed by atoms with Gasteiger partial charge in [-0.25, -0.2) is 4.39 Å². The minimum atomic E-state index is -0.828. The quantitative estimate of drug-likeness (QED) is 0.437. The second-order valence-corrected chi connectivity index (χ2v) is 8.12. The normalized spacial score (nSPS) is 13.8. The Morgan fingerprint density at radius 2 is 1.97 bits per heavy atom. The number of benzene rings is 1. The van der Waals surface area contributed by atoms with Gasteiger partial charge in [0.15, 0.2) is 5.82 Å². The molecule has 1 aliphatic heterocycles. The monoisotopic (exact) mass is 453 g/mol. The Labute approximate surface area is 189 Å². The van der Waals surface area contributed by atoms with Gasteiger partial charge < -0.3 is 19.7 Å². The van der Waals surface area contributed by atoms with Crippen molar-refractivity contribution in [2.75, 3.05) is 5.32 Å². The van der Waals surface area contributed by atoms with Crippen LogP contribution in [0.4, 0.5) is 10.1 Å². The Kier molecular flexibility index (Phi) is 6.08. The van der Waals surface area contributed by atoms with Crippen LogP contribution in [-0.4, -0.2) is 32.3 Å². The first kappa shape index (κ1) is 22.4. The summed E-state index contributed by atoms with van der Waals surface area (Å²) in [6.07, 6.45) is 2.31. The SMILES string of the molecule is Cc1noc(C(C)NC(=O)C(=O)c2cc(C(=O)Nc3ccc(F)c(C)c3)c3n2CCCC3)n1. The van der Waals surface area contributed by atoms with E-state index in [1.807, 2.05) is 0 Å². The first-order valence-electron chi connectivity index (χ1n) is 10.7. The molecule has 4 rings (SSSR count). The molecular formula is C23H24FN5O4. The average molecular weight is 453 g/mol. The zero-order chi connectivity index (χ0) is 23.7. The van der Waals surface area contributed by atoms with Crippen LogP contribution >= 0.6 is 0 Å². The van der Waals surface area contributed by atoms with Crippen LogP contribution in [0.5, 0.6) is 0 Å². The van der Waals surface area contributed by atoms with Gasteiger partial charge in [0.25, 0.3) is 17.6 Å². The van der Waals surface area contributed by atoms with Gasteiger partial charge in [0.1, 0.15) is 11.9 Å². The van der Waals surface area contributed by atoms with E-state index >= 15 is 0 Å². The van der Waals surface area contributed by atoms with Gasteiger partial charge in [-0.3, -0.25) is 14.4 Å². The van der Waals surface area contributed by atoms with E-state index in [1.54, 1.807) is 25.3 Å². The van der Waals surface area contributed by atoms with Gasteiger partial charge in [0.2, 0.25) is 5.89 Å². The Balaban J connectivity index is 1.57. The fraction of sp³-hybridized carbons (Fsp3) is 0.348. The number of hydrogen-bond donors (Lipinski definition) is 2. The molecule has 2 aromatic heterocycles. The van der Waals surface area contributed by atoms with Crippen molar-refractivity contribution in [2.24, 2.45) is 0 Å². The number of fused-ring (bicyclic) bond motifs is 1. The number of carbonyl (C=O) groups is 3. The number of aryl methyl sites for hydroxylation is 2. The molecular weight excluding hydrogens is 429 g/mol. The summed E-state index contributed by atoms with van der Waals surface area (Å²) in [6.45, 7) is 5.43. The third-order valence-corrected chi connectivity index (χ3v) is 5.61. The number of rotatable bonds is 6. The van der Waals surface area contributed by atoms with Crippen LogP contribution in [0.3, 0.4) is 0 Å². The zero-order valence-electron chi connectivity index (χ0n) is 18.6. The number of halogens is 1. The highest BCUT2D eigenvalue weighted by Crippen LogP contribution is 2.26. The highest BCUT2D eigenvalue weighted by Gasteiger charge is 2.30. The van der Waals surface area contributed by atoms with E-state index in [4.69, 9.17) is 4.52 Å². The first-order valence-corrected chi connectivity index (χ1v) is 10.7. The van der Waals surface area contributed by atoms with E-state index in [2.05, 4.69) is 20.8 Å². The van der Waals surface area contributed by atoms with E-state index in [0.717, 1.165) is 12.8 Å². The molecule has 0 bridgehead atoms. The van der Waals surface area contributed by atoms with Crippen molar-refractivity contribution in [2.45, 2.75) is 52.6 Å². The van der Waals surface area contributed by atoms with Crippen LogP contribution in [0.1, 0.15) is 69.6 Å². The summed E-state index contributed by atoms with van der Waals surface area (Å²) < 4.78 is 20.3. The van der Waals surface area contributed by atoms with E-state index in [-0.39, 0.29) is 17.4 Å². The summed E-state index contributed by atoms with van der Waals surface area (Å²) in [5.41, 5.74) is 2.04.